The van der Waals surface area contributed by atoms with Crippen molar-refractivity contribution in [3.05, 3.63) is 23.8 Å². The molecule has 0 spiro atoms. The van der Waals surface area contributed by atoms with Gasteiger partial charge in [0.05, 0.1) is 20.3 Å². The molecule has 1 atom stereocenters. The Hall–Kier alpha value is -1.22. The van der Waals surface area contributed by atoms with Crippen molar-refractivity contribution in [1.29, 1.82) is 0 Å². The molecule has 1 rings (SSSR count). The van der Waals surface area contributed by atoms with Crippen molar-refractivity contribution < 1.29 is 14.6 Å². The van der Waals surface area contributed by atoms with Gasteiger partial charge in [0.1, 0.15) is 0 Å². The Morgan fingerprint density at radius 3 is 2.14 bits per heavy atom. The number of rotatable bonds is 12. The maximum absolute atomic E-state index is 10.4. The fraction of sp³-hybridized carbons (Fsp3) is 0.684. The van der Waals surface area contributed by atoms with Crippen LogP contribution in [0.1, 0.15) is 76.4 Å². The minimum atomic E-state index is -0.481. The Morgan fingerprint density at radius 2 is 1.55 bits per heavy atom. The minimum Gasteiger partial charge on any atom is -0.493 e. The van der Waals surface area contributed by atoms with Gasteiger partial charge in [-0.15, -0.1) is 0 Å². The Kier molecular flexibility index (Phi) is 9.72. The van der Waals surface area contributed by atoms with E-state index in [9.17, 15) is 5.11 Å². The lowest BCUT2D eigenvalue weighted by molar-refractivity contribution is 0.158. The molecule has 126 valence electrons. The average molecular weight is 308 g/mol. The van der Waals surface area contributed by atoms with E-state index in [2.05, 4.69) is 6.92 Å². The van der Waals surface area contributed by atoms with Crippen LogP contribution >= 0.6 is 0 Å². The third kappa shape index (κ3) is 6.27. The number of hydrogen-bond acceptors (Lipinski definition) is 3. The quantitative estimate of drug-likeness (QED) is 0.535. The van der Waals surface area contributed by atoms with Crippen LogP contribution in [-0.2, 0) is 0 Å². The summed E-state index contributed by atoms with van der Waals surface area (Å²) in [4.78, 5) is 0. The van der Waals surface area contributed by atoms with Gasteiger partial charge in [-0.2, -0.15) is 0 Å². The van der Waals surface area contributed by atoms with Gasteiger partial charge >= 0.3 is 0 Å². The van der Waals surface area contributed by atoms with Crippen LogP contribution in [0.15, 0.2) is 18.2 Å². The summed E-state index contributed by atoms with van der Waals surface area (Å²) in [7, 11) is 3.23. The molecule has 0 aliphatic carbocycles. The standard InChI is InChI=1S/C19H32O3/c1-4-5-6-7-8-9-10-11-14-17(20)16-13-12-15-18(21-2)19(16)22-3/h12-13,15,17,20H,4-11,14H2,1-3H3. The molecular formula is C19H32O3. The topological polar surface area (TPSA) is 38.7 Å². The number of unbranched alkanes of at least 4 members (excludes halogenated alkanes) is 7. The van der Waals surface area contributed by atoms with E-state index in [1.165, 1.54) is 44.9 Å². The highest BCUT2D eigenvalue weighted by Crippen LogP contribution is 2.36. The van der Waals surface area contributed by atoms with Gasteiger partial charge in [0.25, 0.3) is 0 Å². The highest BCUT2D eigenvalue weighted by atomic mass is 16.5. The summed E-state index contributed by atoms with van der Waals surface area (Å²) in [5, 5.41) is 10.4. The number of methoxy groups -OCH3 is 2. The van der Waals surface area contributed by atoms with Gasteiger partial charge in [-0.1, -0.05) is 70.4 Å². The summed E-state index contributed by atoms with van der Waals surface area (Å²) >= 11 is 0. The van der Waals surface area contributed by atoms with Crippen LogP contribution in [0.2, 0.25) is 0 Å². The molecule has 1 aromatic rings. The zero-order chi connectivity index (χ0) is 16.2. The van der Waals surface area contributed by atoms with Crippen molar-refractivity contribution in [2.75, 3.05) is 14.2 Å². The van der Waals surface area contributed by atoms with E-state index in [1.807, 2.05) is 18.2 Å². The Bertz CT molecular complexity index is 404. The first-order chi connectivity index (χ1) is 10.7. The van der Waals surface area contributed by atoms with Crippen molar-refractivity contribution in [2.45, 2.75) is 70.8 Å². The fourth-order valence-electron chi connectivity index (χ4n) is 2.80. The molecule has 1 unspecified atom stereocenters. The zero-order valence-corrected chi connectivity index (χ0v) is 14.4. The predicted molar refractivity (Wildman–Crippen MR) is 91.7 cm³/mol. The third-order valence-corrected chi connectivity index (χ3v) is 4.12. The summed E-state index contributed by atoms with van der Waals surface area (Å²) in [6.45, 7) is 2.24. The van der Waals surface area contributed by atoms with Gasteiger partial charge < -0.3 is 14.6 Å². The minimum absolute atomic E-state index is 0.481. The highest BCUT2D eigenvalue weighted by molar-refractivity contribution is 5.47. The smallest absolute Gasteiger partial charge is 0.166 e. The van der Waals surface area contributed by atoms with Crippen molar-refractivity contribution in [3.63, 3.8) is 0 Å². The van der Waals surface area contributed by atoms with Crippen LogP contribution in [0.25, 0.3) is 0 Å². The molecule has 0 fully saturated rings. The number of aliphatic hydroxyl groups is 1. The number of aliphatic hydroxyl groups excluding tert-OH is 1. The Balaban J connectivity index is 2.32. The maximum atomic E-state index is 10.4. The van der Waals surface area contributed by atoms with Crippen LogP contribution < -0.4 is 9.47 Å². The van der Waals surface area contributed by atoms with E-state index in [0.29, 0.717) is 11.5 Å². The van der Waals surface area contributed by atoms with E-state index in [-0.39, 0.29) is 0 Å². The van der Waals surface area contributed by atoms with Crippen molar-refractivity contribution in [1.82, 2.24) is 0 Å². The zero-order valence-electron chi connectivity index (χ0n) is 14.4. The lowest BCUT2D eigenvalue weighted by Crippen LogP contribution is -2.02. The van der Waals surface area contributed by atoms with Crippen LogP contribution in [0.4, 0.5) is 0 Å². The summed E-state index contributed by atoms with van der Waals surface area (Å²) in [6, 6.07) is 5.66. The molecule has 1 aromatic carbocycles. The molecule has 22 heavy (non-hydrogen) atoms. The first kappa shape index (κ1) is 18.8. The van der Waals surface area contributed by atoms with Crippen LogP contribution in [0.5, 0.6) is 11.5 Å². The third-order valence-electron chi connectivity index (χ3n) is 4.12. The second kappa shape index (κ2) is 11.4. The van der Waals surface area contributed by atoms with Crippen molar-refractivity contribution in [2.24, 2.45) is 0 Å². The van der Waals surface area contributed by atoms with Crippen molar-refractivity contribution in [3.8, 4) is 11.5 Å². The Labute approximate surface area is 135 Å². The summed E-state index contributed by atoms with van der Waals surface area (Å²) in [5.74, 6) is 1.33. The van der Waals surface area contributed by atoms with E-state index < -0.39 is 6.10 Å². The first-order valence-electron chi connectivity index (χ1n) is 8.63. The van der Waals surface area contributed by atoms with E-state index in [0.717, 1.165) is 18.4 Å². The number of benzene rings is 1. The van der Waals surface area contributed by atoms with Gasteiger partial charge in [0, 0.05) is 5.56 Å². The number of para-hydroxylation sites is 1. The second-order valence-electron chi connectivity index (χ2n) is 5.86. The van der Waals surface area contributed by atoms with E-state index in [4.69, 9.17) is 9.47 Å². The number of ether oxygens (including phenoxy) is 2. The molecule has 0 aliphatic heterocycles. The molecule has 0 amide bonds. The van der Waals surface area contributed by atoms with Crippen LogP contribution in [-0.4, -0.2) is 19.3 Å². The Morgan fingerprint density at radius 1 is 0.909 bits per heavy atom. The summed E-state index contributed by atoms with van der Waals surface area (Å²) in [6.07, 6.45) is 10.5. The van der Waals surface area contributed by atoms with E-state index >= 15 is 0 Å². The van der Waals surface area contributed by atoms with E-state index in [1.54, 1.807) is 14.2 Å². The monoisotopic (exact) mass is 308 g/mol. The highest BCUT2D eigenvalue weighted by Gasteiger charge is 2.16. The average Bonchev–Trinajstić information content (AvgIpc) is 2.56. The summed E-state index contributed by atoms with van der Waals surface area (Å²) in [5.41, 5.74) is 0.824. The molecule has 1 N–H and O–H groups in total. The molecule has 0 aliphatic rings. The van der Waals surface area contributed by atoms with Gasteiger partial charge in [-0.25, -0.2) is 0 Å². The second-order valence-corrected chi connectivity index (χ2v) is 5.86. The van der Waals surface area contributed by atoms with Gasteiger partial charge in [0.15, 0.2) is 11.5 Å². The van der Waals surface area contributed by atoms with Gasteiger partial charge in [0.2, 0.25) is 0 Å². The molecule has 0 saturated heterocycles. The molecule has 0 saturated carbocycles. The predicted octanol–water partition coefficient (Wildman–Crippen LogP) is 5.27. The normalized spacial score (nSPS) is 12.2. The SMILES string of the molecule is CCCCCCCCCCC(O)c1cccc(OC)c1OC. The van der Waals surface area contributed by atoms with Crippen LogP contribution in [0, 0.1) is 0 Å². The number of hydrogen-bond donors (Lipinski definition) is 1. The summed E-state index contributed by atoms with van der Waals surface area (Å²) < 4.78 is 10.7. The van der Waals surface area contributed by atoms with Crippen molar-refractivity contribution >= 4 is 0 Å². The molecule has 3 heteroatoms. The molecule has 0 radical (unpaired) electrons. The van der Waals surface area contributed by atoms with Crippen LogP contribution in [0.3, 0.4) is 0 Å². The van der Waals surface area contributed by atoms with Gasteiger partial charge in [-0.05, 0) is 12.5 Å². The fourth-order valence-corrected chi connectivity index (χ4v) is 2.80. The molecular weight excluding hydrogens is 276 g/mol. The lowest BCUT2D eigenvalue weighted by atomic mass is 10.0. The lowest BCUT2D eigenvalue weighted by Gasteiger charge is -2.17. The molecule has 0 heterocycles. The largest absolute Gasteiger partial charge is 0.493 e. The molecule has 0 aromatic heterocycles. The maximum Gasteiger partial charge on any atom is 0.166 e. The van der Waals surface area contributed by atoms with Gasteiger partial charge in [-0.3, -0.25) is 0 Å². The molecule has 3 nitrogen and oxygen atoms in total. The first-order valence-corrected chi connectivity index (χ1v) is 8.63. The molecule has 0 bridgehead atoms.